The highest BCUT2D eigenvalue weighted by Gasteiger charge is 2.19. The van der Waals surface area contributed by atoms with Crippen molar-refractivity contribution < 1.29 is 9.63 Å². The van der Waals surface area contributed by atoms with E-state index in [9.17, 15) is 4.79 Å². The Kier molecular flexibility index (Phi) is 3.41. The average Bonchev–Trinajstić information content (AvgIpc) is 2.31. The van der Waals surface area contributed by atoms with Crippen molar-refractivity contribution in [1.29, 1.82) is 0 Å². The third-order valence-electron chi connectivity index (χ3n) is 2.66. The number of amides is 1. The van der Waals surface area contributed by atoms with Gasteiger partial charge in [0.05, 0.1) is 13.1 Å². The molecule has 16 heavy (non-hydrogen) atoms. The summed E-state index contributed by atoms with van der Waals surface area (Å²) >= 11 is 0. The second-order valence-electron chi connectivity index (χ2n) is 3.84. The van der Waals surface area contributed by atoms with Crippen LogP contribution in [0.15, 0.2) is 30.3 Å². The van der Waals surface area contributed by atoms with Crippen LogP contribution in [-0.4, -0.2) is 42.0 Å². The van der Waals surface area contributed by atoms with Gasteiger partial charge in [0.25, 0.3) is 0 Å². The number of hydroxylamine groups is 2. The number of para-hydroxylation sites is 1. The molecule has 1 fully saturated rings. The molecule has 1 aromatic rings. The highest BCUT2D eigenvalue weighted by molar-refractivity contribution is 5.73. The van der Waals surface area contributed by atoms with E-state index in [-0.39, 0.29) is 5.91 Å². The molecule has 86 valence electrons. The molecule has 0 radical (unpaired) electrons. The predicted molar refractivity (Wildman–Crippen MR) is 60.9 cm³/mol. The van der Waals surface area contributed by atoms with E-state index >= 15 is 0 Å². The Morgan fingerprint density at radius 2 is 1.75 bits per heavy atom. The van der Waals surface area contributed by atoms with Crippen LogP contribution in [0.1, 0.15) is 6.92 Å². The number of rotatable bonds is 2. The Morgan fingerprint density at radius 1 is 1.12 bits per heavy atom. The standard InChI is InChI=1S/C12H16N2O2/c1-11(15)13-7-9-14(10-8-13)16-12-5-3-2-4-6-12/h2-6H,7-10H2,1H3. The number of carbonyl (C=O) groups excluding carboxylic acids is 1. The van der Waals surface area contributed by atoms with Gasteiger partial charge in [0.2, 0.25) is 5.91 Å². The Hall–Kier alpha value is -1.55. The third kappa shape index (κ3) is 2.73. The second kappa shape index (κ2) is 4.99. The van der Waals surface area contributed by atoms with Crippen molar-refractivity contribution in [3.05, 3.63) is 30.3 Å². The quantitative estimate of drug-likeness (QED) is 0.749. The van der Waals surface area contributed by atoms with Gasteiger partial charge >= 0.3 is 0 Å². The third-order valence-corrected chi connectivity index (χ3v) is 2.66. The molecular weight excluding hydrogens is 204 g/mol. The second-order valence-corrected chi connectivity index (χ2v) is 3.84. The van der Waals surface area contributed by atoms with Crippen LogP contribution in [0.25, 0.3) is 0 Å². The molecule has 1 amide bonds. The molecule has 1 aliphatic heterocycles. The summed E-state index contributed by atoms with van der Waals surface area (Å²) in [7, 11) is 0. The first-order valence-electron chi connectivity index (χ1n) is 5.49. The zero-order valence-electron chi connectivity index (χ0n) is 9.43. The van der Waals surface area contributed by atoms with Crippen LogP contribution in [0, 0.1) is 0 Å². The first-order valence-corrected chi connectivity index (χ1v) is 5.49. The van der Waals surface area contributed by atoms with E-state index in [0.717, 1.165) is 31.9 Å². The summed E-state index contributed by atoms with van der Waals surface area (Å²) in [5.74, 6) is 0.984. The number of nitrogens with zero attached hydrogens (tertiary/aromatic N) is 2. The first-order chi connectivity index (χ1) is 7.75. The van der Waals surface area contributed by atoms with Gasteiger partial charge in [-0.1, -0.05) is 18.2 Å². The molecule has 0 bridgehead atoms. The molecule has 2 rings (SSSR count). The summed E-state index contributed by atoms with van der Waals surface area (Å²) in [6.45, 7) is 4.60. The van der Waals surface area contributed by atoms with Gasteiger partial charge in [-0.15, -0.1) is 5.06 Å². The lowest BCUT2D eigenvalue weighted by Gasteiger charge is -2.33. The van der Waals surface area contributed by atoms with Crippen LogP contribution in [0.2, 0.25) is 0 Å². The summed E-state index contributed by atoms with van der Waals surface area (Å²) in [6.07, 6.45) is 0. The molecule has 1 saturated heterocycles. The minimum atomic E-state index is 0.138. The molecule has 0 atom stereocenters. The summed E-state index contributed by atoms with van der Waals surface area (Å²) in [4.78, 5) is 18.6. The lowest BCUT2D eigenvalue weighted by molar-refractivity contribution is -0.138. The Morgan fingerprint density at radius 3 is 2.31 bits per heavy atom. The van der Waals surface area contributed by atoms with E-state index in [0.29, 0.717) is 0 Å². The maximum atomic E-state index is 11.1. The zero-order valence-corrected chi connectivity index (χ0v) is 9.43. The van der Waals surface area contributed by atoms with Gasteiger partial charge in [-0.05, 0) is 12.1 Å². The minimum Gasteiger partial charge on any atom is -0.406 e. The molecule has 4 nitrogen and oxygen atoms in total. The largest absolute Gasteiger partial charge is 0.406 e. The first kappa shape index (κ1) is 11.0. The predicted octanol–water partition coefficient (Wildman–Crippen LogP) is 1.14. The van der Waals surface area contributed by atoms with Crippen molar-refractivity contribution in [2.75, 3.05) is 26.2 Å². The Labute approximate surface area is 95.4 Å². The van der Waals surface area contributed by atoms with Crippen molar-refractivity contribution in [2.45, 2.75) is 6.92 Å². The molecular formula is C12H16N2O2. The van der Waals surface area contributed by atoms with Gasteiger partial charge in [0, 0.05) is 20.0 Å². The Balaban J connectivity index is 1.84. The van der Waals surface area contributed by atoms with Crippen LogP contribution in [0.4, 0.5) is 0 Å². The van der Waals surface area contributed by atoms with Crippen LogP contribution >= 0.6 is 0 Å². The van der Waals surface area contributed by atoms with E-state index < -0.39 is 0 Å². The van der Waals surface area contributed by atoms with Crippen molar-refractivity contribution in [1.82, 2.24) is 9.96 Å². The molecule has 4 heteroatoms. The van der Waals surface area contributed by atoms with Crippen LogP contribution in [-0.2, 0) is 4.79 Å². The van der Waals surface area contributed by atoms with E-state index in [1.165, 1.54) is 0 Å². The number of piperazine rings is 1. The van der Waals surface area contributed by atoms with E-state index in [1.54, 1.807) is 6.92 Å². The van der Waals surface area contributed by atoms with Gasteiger partial charge in [-0.3, -0.25) is 4.79 Å². The van der Waals surface area contributed by atoms with Gasteiger partial charge in [0.1, 0.15) is 5.75 Å². The number of hydrogen-bond acceptors (Lipinski definition) is 3. The van der Waals surface area contributed by atoms with Gasteiger partial charge in [-0.25, -0.2) is 0 Å². The molecule has 0 aliphatic carbocycles. The molecule has 0 unspecified atom stereocenters. The van der Waals surface area contributed by atoms with Crippen molar-refractivity contribution >= 4 is 5.91 Å². The van der Waals surface area contributed by atoms with Crippen molar-refractivity contribution in [2.24, 2.45) is 0 Å². The van der Waals surface area contributed by atoms with E-state index in [2.05, 4.69) is 0 Å². The normalized spacial score (nSPS) is 17.2. The highest BCUT2D eigenvalue weighted by Crippen LogP contribution is 2.12. The monoisotopic (exact) mass is 220 g/mol. The van der Waals surface area contributed by atoms with Crippen LogP contribution in [0.3, 0.4) is 0 Å². The van der Waals surface area contributed by atoms with Gasteiger partial charge < -0.3 is 9.74 Å². The zero-order chi connectivity index (χ0) is 11.4. The number of carbonyl (C=O) groups is 1. The van der Waals surface area contributed by atoms with E-state index in [1.807, 2.05) is 40.3 Å². The average molecular weight is 220 g/mol. The number of benzene rings is 1. The molecule has 0 spiro atoms. The SMILES string of the molecule is CC(=O)N1CCN(Oc2ccccc2)CC1. The minimum absolute atomic E-state index is 0.138. The number of hydrogen-bond donors (Lipinski definition) is 0. The summed E-state index contributed by atoms with van der Waals surface area (Å²) < 4.78 is 0. The topological polar surface area (TPSA) is 32.8 Å². The summed E-state index contributed by atoms with van der Waals surface area (Å²) in [5, 5.41) is 1.90. The summed E-state index contributed by atoms with van der Waals surface area (Å²) in [5.41, 5.74) is 0. The molecule has 0 N–H and O–H groups in total. The fraction of sp³-hybridized carbons (Fsp3) is 0.417. The molecule has 1 heterocycles. The Bertz CT molecular complexity index is 345. The molecule has 1 aliphatic rings. The van der Waals surface area contributed by atoms with E-state index in [4.69, 9.17) is 4.84 Å². The fourth-order valence-corrected chi connectivity index (χ4v) is 1.72. The maximum Gasteiger partial charge on any atom is 0.219 e. The lowest BCUT2D eigenvalue weighted by atomic mass is 10.3. The lowest BCUT2D eigenvalue weighted by Crippen LogP contribution is -2.49. The van der Waals surface area contributed by atoms with Gasteiger partial charge in [-0.2, -0.15) is 0 Å². The molecule has 0 aromatic heterocycles. The highest BCUT2D eigenvalue weighted by atomic mass is 16.7. The van der Waals surface area contributed by atoms with Crippen molar-refractivity contribution in [3.8, 4) is 5.75 Å². The summed E-state index contributed by atoms with van der Waals surface area (Å²) in [6, 6.07) is 9.71. The van der Waals surface area contributed by atoms with Gasteiger partial charge in [0.15, 0.2) is 0 Å². The molecule has 0 saturated carbocycles. The van der Waals surface area contributed by atoms with Crippen molar-refractivity contribution in [3.63, 3.8) is 0 Å². The smallest absolute Gasteiger partial charge is 0.219 e. The van der Waals surface area contributed by atoms with Crippen LogP contribution in [0.5, 0.6) is 5.75 Å². The molecule has 1 aromatic carbocycles. The fourth-order valence-electron chi connectivity index (χ4n) is 1.72. The maximum absolute atomic E-state index is 11.1. The van der Waals surface area contributed by atoms with Crippen LogP contribution < -0.4 is 4.84 Å².